The molecular weight excluding hydrogens is 795 g/mol. The summed E-state index contributed by atoms with van der Waals surface area (Å²) < 4.78 is 5.67. The number of nitrogens with two attached hydrogens (primary N) is 2. The number of nitrogens with zero attached hydrogens (tertiary/aromatic N) is 1. The van der Waals surface area contributed by atoms with Crippen LogP contribution in [0.5, 0.6) is 0 Å². The zero-order chi connectivity index (χ0) is 48.0. The predicted octanol–water partition coefficient (Wildman–Crippen LogP) is 2.01. The molecule has 0 bridgehead atoms. The first-order valence-electron chi connectivity index (χ1n) is 18.0. The molecule has 0 heterocycles. The van der Waals surface area contributed by atoms with Gasteiger partial charge in [-0.15, -0.1) is 0 Å². The molecule has 0 aromatic heterocycles. The Morgan fingerprint density at radius 2 is 0.932 bits per heavy atom. The number of aliphatic carboxylic acids is 4. The Kier molecular flexibility index (Phi) is 117. The smallest absolute Gasteiger partial charge is 1.00 e. The van der Waals surface area contributed by atoms with Crippen LogP contribution in [0.15, 0.2) is 38.1 Å². The Bertz CT molecular complexity index is 925. The van der Waals surface area contributed by atoms with Gasteiger partial charge in [-0.2, -0.15) is 0 Å². The van der Waals surface area contributed by atoms with Crippen LogP contribution in [0.3, 0.4) is 0 Å². The van der Waals surface area contributed by atoms with Crippen molar-refractivity contribution in [3.8, 4) is 0 Å². The van der Waals surface area contributed by atoms with Crippen molar-refractivity contribution in [2.45, 2.75) is 140 Å². The second-order valence-electron chi connectivity index (χ2n) is 11.1. The fourth-order valence-corrected chi connectivity index (χ4v) is 1.21. The first-order valence-corrected chi connectivity index (χ1v) is 18.6. The summed E-state index contributed by atoms with van der Waals surface area (Å²) in [6.45, 7) is 32.2. The second kappa shape index (κ2) is 79.0. The van der Waals surface area contributed by atoms with Gasteiger partial charge < -0.3 is 58.7 Å². The normalized spacial score (nSPS) is 10.8. The minimum atomic E-state index is -0.981. The van der Waals surface area contributed by atoms with Crippen molar-refractivity contribution in [2.24, 2.45) is 29.3 Å². The van der Waals surface area contributed by atoms with Crippen molar-refractivity contribution in [1.82, 2.24) is 16.0 Å². The Morgan fingerprint density at radius 1 is 0.661 bits per heavy atom. The van der Waals surface area contributed by atoms with Crippen molar-refractivity contribution >= 4 is 67.1 Å². The maximum atomic E-state index is 10.6. The molecule has 3 amide bonds. The minimum absolute atomic E-state index is 0. The van der Waals surface area contributed by atoms with Gasteiger partial charge in [0.1, 0.15) is 0 Å². The van der Waals surface area contributed by atoms with E-state index in [0.717, 1.165) is 51.0 Å². The summed E-state index contributed by atoms with van der Waals surface area (Å²) in [5.74, 6) is 0.293. The summed E-state index contributed by atoms with van der Waals surface area (Å²) >= 11 is 1.67. The molecule has 340 valence electrons. The zero-order valence-corrected chi connectivity index (χ0v) is 41.2. The molecule has 0 aliphatic carbocycles. The van der Waals surface area contributed by atoms with E-state index in [4.69, 9.17) is 35.7 Å². The number of carboxylic acids is 4. The topological polar surface area (TPSA) is 347 Å². The largest absolute Gasteiger partial charge is 1.00 e. The standard InChI is InChI=1S/C7H13NO.C5H11NO.3C5H10O2.C4H11N.C3H5NO.C3H4O2.Al.B.H3N2O.HN.Na/c1-4-6(3)8-7(9)5-2;1-3-5(2)6-4-7;3*1-3-4(2)5(6)7;1-3-4(2)5;1-2-4-3-5;1-2-3(4)5;;;1-2-3;;/h5-6H,2,4H2,1,3H3,(H,8,9);4-5H,3H2,1-2H3,(H,6,7);3*4H,3H2,1-2H3,(H,6,7);4H,3,5H2,1-2H3;2-3H,1H2,(H,4,5);2H,1H2,(H,4,5);;;3H,1H2;1H;/q;;;;;;;;;;-1;;+1. The molecule has 0 rings (SSSR count). The van der Waals surface area contributed by atoms with E-state index in [-0.39, 0.29) is 67.7 Å². The summed E-state index contributed by atoms with van der Waals surface area (Å²) in [4.78, 5) is 68.5. The number of carbonyl (C=O) groups excluding carboxylic acids is 3. The van der Waals surface area contributed by atoms with Gasteiger partial charge >= 0.3 is 73.9 Å². The quantitative estimate of drug-likeness (QED) is 0.0348. The molecule has 22 heteroatoms. The summed E-state index contributed by atoms with van der Waals surface area (Å²) in [5.41, 5.74) is 7.29. The van der Waals surface area contributed by atoms with Crippen LogP contribution in [0.4, 0.5) is 0 Å². The molecule has 6 unspecified atom stereocenters. The van der Waals surface area contributed by atoms with Crippen molar-refractivity contribution in [3.63, 3.8) is 0 Å². The summed E-state index contributed by atoms with van der Waals surface area (Å²) in [7, 11) is 0. The van der Waals surface area contributed by atoms with Gasteiger partial charge in [0.15, 0.2) is 0 Å². The van der Waals surface area contributed by atoms with E-state index in [2.05, 4.69) is 48.5 Å². The molecule has 0 aliphatic heterocycles. The van der Waals surface area contributed by atoms with Crippen LogP contribution in [0.25, 0.3) is 5.59 Å². The maximum Gasteiger partial charge on any atom is 1.00 e. The Balaban J connectivity index is -0.0000000422. The number of rotatable bonds is 16. The molecule has 0 fully saturated rings. The van der Waals surface area contributed by atoms with E-state index in [1.165, 1.54) is 12.3 Å². The average Bonchev–Trinajstić information content (AvgIpc) is 3.19. The number of carboxylic acid groups (broad SMARTS) is 4. The fraction of sp³-hybridized carbons (Fsp3) is 0.649. The van der Waals surface area contributed by atoms with Crippen LogP contribution in [0, 0.1) is 22.1 Å². The minimum Gasteiger partial charge on any atom is 1.00 e. The van der Waals surface area contributed by atoms with Gasteiger partial charge in [-0.25, -0.2) is 4.79 Å². The maximum absolute atomic E-state index is 10.6. The van der Waals surface area contributed by atoms with Gasteiger partial charge in [0.05, 0.1) is 17.8 Å². The Morgan fingerprint density at radius 3 is 1.00 bits per heavy atom. The summed E-state index contributed by atoms with van der Waals surface area (Å²) in [5, 5.41) is 46.7. The van der Waals surface area contributed by atoms with Crippen LogP contribution in [0.1, 0.15) is 122 Å². The van der Waals surface area contributed by atoms with E-state index in [0.29, 0.717) is 18.5 Å². The molecule has 4 radical (unpaired) electrons. The van der Waals surface area contributed by atoms with Gasteiger partial charge in [-0.05, 0) is 71.6 Å². The number of amides is 3. The van der Waals surface area contributed by atoms with Crippen molar-refractivity contribution < 1.29 is 88.8 Å². The number of nitrogens with one attached hydrogen (secondary N) is 4. The molecule has 0 aromatic carbocycles. The van der Waals surface area contributed by atoms with Crippen molar-refractivity contribution in [2.75, 3.05) is 0 Å². The van der Waals surface area contributed by atoms with Crippen molar-refractivity contribution in [1.29, 1.82) is 4.35 Å². The number of hydrogen-bond donors (Lipinski definition) is 11. The van der Waals surface area contributed by atoms with Crippen LogP contribution in [-0.4, -0.2) is 111 Å². The van der Waals surface area contributed by atoms with Gasteiger partial charge in [0.2, 0.25) is 18.7 Å². The predicted molar refractivity (Wildman–Crippen MR) is 233 cm³/mol. The van der Waals surface area contributed by atoms with Crippen LogP contribution < -0.4 is 57.1 Å². The monoisotopic (exact) mass is 874 g/mol. The van der Waals surface area contributed by atoms with Crippen LogP contribution in [-0.2, 0) is 33.6 Å². The van der Waals surface area contributed by atoms with Crippen LogP contribution >= 0.6 is 0 Å². The summed E-state index contributed by atoms with van der Waals surface area (Å²) in [6, 6.07) is 0.975. The van der Waals surface area contributed by atoms with E-state index in [1.807, 2.05) is 61.0 Å². The van der Waals surface area contributed by atoms with E-state index in [1.54, 1.807) is 36.9 Å². The molecule has 0 aliphatic rings. The SMILES string of the molecule is C=CC(=O)NC(C)CC.C=CC(=O)O.C=CNC=O.CCC(C)C(=O)O.CCC(C)C(=O)O.CCC(C)C(=O)O.CCC(C)N.CCC(C)NC=O.N[N-]O.[B].[NH]=[Al].[Na+]. The molecule has 0 saturated carbocycles. The Hall–Kier alpha value is -3.25. The van der Waals surface area contributed by atoms with Crippen molar-refractivity contribution in [3.05, 3.63) is 43.7 Å². The van der Waals surface area contributed by atoms with E-state index in [9.17, 15) is 33.6 Å². The van der Waals surface area contributed by atoms with Gasteiger partial charge in [0.25, 0.3) is 0 Å². The number of hydrogen-bond acceptors (Lipinski definition) is 11. The zero-order valence-electron chi connectivity index (χ0n) is 38.1. The third-order valence-electron chi connectivity index (χ3n) is 6.26. The van der Waals surface area contributed by atoms with E-state index >= 15 is 0 Å². The van der Waals surface area contributed by atoms with Gasteiger partial charge in [-0.1, -0.05) is 82.1 Å². The van der Waals surface area contributed by atoms with Gasteiger partial charge in [-0.3, -0.25) is 28.8 Å². The number of carbonyl (C=O) groups is 7. The first-order chi connectivity index (χ1) is 26.4. The molecule has 0 saturated heterocycles. The van der Waals surface area contributed by atoms with Gasteiger partial charge in [0, 0.05) is 32.6 Å². The molecule has 13 N–H and O–H groups in total. The molecular formula is C37H78AlBN7NaO12. The second-order valence-corrected chi connectivity index (χ2v) is 11.1. The van der Waals surface area contributed by atoms with Crippen LogP contribution in [0.2, 0.25) is 0 Å². The molecule has 0 aromatic rings. The van der Waals surface area contributed by atoms with E-state index < -0.39 is 23.9 Å². The average molecular weight is 874 g/mol. The third kappa shape index (κ3) is 134. The molecule has 59 heavy (non-hydrogen) atoms. The third-order valence-corrected chi connectivity index (χ3v) is 6.26. The molecule has 0 spiro atoms. The molecule has 6 atom stereocenters. The fourth-order valence-electron chi connectivity index (χ4n) is 1.21. The summed E-state index contributed by atoms with van der Waals surface area (Å²) in [6.07, 6.45) is 9.92. The molecule has 19 nitrogen and oxygen atoms in total. The first kappa shape index (κ1) is 87.3. The Labute approximate surface area is 386 Å².